The van der Waals surface area contributed by atoms with Crippen molar-refractivity contribution in [3.8, 4) is 11.5 Å². The Labute approximate surface area is 188 Å². The molecule has 4 rings (SSSR count). The van der Waals surface area contributed by atoms with E-state index in [-0.39, 0.29) is 0 Å². The Bertz CT molecular complexity index is 837. The first-order valence-corrected chi connectivity index (χ1v) is 12.0. The van der Waals surface area contributed by atoms with Crippen LogP contribution in [0.5, 0.6) is 11.5 Å². The molecular formula is C23H32N4O3S. The standard InChI is InChI=1S/C23H32N4O3S/c1-2-24-23(25-16-18-6-7-20-21(15-18)30-11-4-10-29-20)26-17-19(22-5-3-14-31-22)27-8-12-28-13-9-27/h3,5-7,14-15,19H,2,4,8-13,16-17H2,1H3,(H2,24,25,26). The Balaban J connectivity index is 1.41. The van der Waals surface area contributed by atoms with Gasteiger partial charge in [0.1, 0.15) is 0 Å². The van der Waals surface area contributed by atoms with Gasteiger partial charge in [-0.2, -0.15) is 0 Å². The van der Waals surface area contributed by atoms with Crippen LogP contribution in [-0.2, 0) is 11.3 Å². The minimum atomic E-state index is 0.311. The molecule has 0 amide bonds. The molecule has 0 aliphatic carbocycles. The lowest BCUT2D eigenvalue weighted by Gasteiger charge is -2.34. The molecule has 8 heteroatoms. The average molecular weight is 445 g/mol. The number of aliphatic imine (C=N–C) groups is 1. The summed E-state index contributed by atoms with van der Waals surface area (Å²) in [4.78, 5) is 8.68. The van der Waals surface area contributed by atoms with Gasteiger partial charge in [0.25, 0.3) is 0 Å². The molecule has 168 valence electrons. The van der Waals surface area contributed by atoms with Gasteiger partial charge in [0.2, 0.25) is 0 Å². The van der Waals surface area contributed by atoms with Crippen LogP contribution in [-0.4, -0.2) is 63.5 Å². The van der Waals surface area contributed by atoms with Crippen LogP contribution in [0.1, 0.15) is 29.8 Å². The quantitative estimate of drug-likeness (QED) is 0.506. The molecule has 7 nitrogen and oxygen atoms in total. The minimum Gasteiger partial charge on any atom is -0.490 e. The molecule has 2 aliphatic rings. The van der Waals surface area contributed by atoms with E-state index in [1.807, 2.05) is 12.1 Å². The van der Waals surface area contributed by atoms with Crippen molar-refractivity contribution in [1.29, 1.82) is 0 Å². The SMILES string of the molecule is CCNC(=NCc1ccc2c(c1)OCCCO2)NCC(c1cccs1)N1CCOCC1. The van der Waals surface area contributed by atoms with Gasteiger partial charge in [-0.15, -0.1) is 11.3 Å². The fourth-order valence-electron chi connectivity index (χ4n) is 3.79. The van der Waals surface area contributed by atoms with Crippen molar-refractivity contribution in [1.82, 2.24) is 15.5 Å². The van der Waals surface area contributed by atoms with Crippen molar-refractivity contribution in [2.45, 2.75) is 25.9 Å². The van der Waals surface area contributed by atoms with Crippen molar-refractivity contribution in [3.05, 3.63) is 46.2 Å². The number of nitrogens with one attached hydrogen (secondary N) is 2. The zero-order valence-corrected chi connectivity index (χ0v) is 19.0. The highest BCUT2D eigenvalue weighted by Crippen LogP contribution is 2.30. The van der Waals surface area contributed by atoms with E-state index >= 15 is 0 Å². The number of morpholine rings is 1. The second-order valence-electron chi connectivity index (χ2n) is 7.59. The first-order valence-electron chi connectivity index (χ1n) is 11.1. The Morgan fingerprint density at radius 2 is 1.94 bits per heavy atom. The van der Waals surface area contributed by atoms with E-state index in [2.05, 4.69) is 46.0 Å². The average Bonchev–Trinajstić information content (AvgIpc) is 3.23. The summed E-state index contributed by atoms with van der Waals surface area (Å²) in [7, 11) is 0. The topological polar surface area (TPSA) is 67.4 Å². The zero-order chi connectivity index (χ0) is 21.3. The van der Waals surface area contributed by atoms with E-state index in [1.165, 1.54) is 4.88 Å². The van der Waals surface area contributed by atoms with Gasteiger partial charge in [0, 0.05) is 37.5 Å². The third kappa shape index (κ3) is 6.12. The molecule has 1 fully saturated rings. The smallest absolute Gasteiger partial charge is 0.191 e. The Morgan fingerprint density at radius 3 is 2.71 bits per heavy atom. The molecule has 2 aliphatic heterocycles. The van der Waals surface area contributed by atoms with Crippen LogP contribution in [0, 0.1) is 0 Å². The molecule has 1 unspecified atom stereocenters. The Morgan fingerprint density at radius 1 is 1.10 bits per heavy atom. The summed E-state index contributed by atoms with van der Waals surface area (Å²) in [5, 5.41) is 9.07. The van der Waals surface area contributed by atoms with Crippen LogP contribution < -0.4 is 20.1 Å². The molecule has 0 saturated carbocycles. The lowest BCUT2D eigenvalue weighted by molar-refractivity contribution is 0.0177. The zero-order valence-electron chi connectivity index (χ0n) is 18.1. The second-order valence-corrected chi connectivity index (χ2v) is 8.57. The lowest BCUT2D eigenvalue weighted by atomic mass is 10.2. The van der Waals surface area contributed by atoms with Crippen molar-refractivity contribution >= 4 is 17.3 Å². The monoisotopic (exact) mass is 444 g/mol. The molecule has 0 bridgehead atoms. The molecule has 1 atom stereocenters. The molecule has 1 saturated heterocycles. The van der Waals surface area contributed by atoms with Gasteiger partial charge in [-0.25, -0.2) is 4.99 Å². The molecule has 1 aromatic carbocycles. The van der Waals surface area contributed by atoms with E-state index in [9.17, 15) is 0 Å². The number of benzene rings is 1. The van der Waals surface area contributed by atoms with Gasteiger partial charge in [-0.3, -0.25) is 4.90 Å². The molecular weight excluding hydrogens is 412 g/mol. The van der Waals surface area contributed by atoms with E-state index in [4.69, 9.17) is 19.2 Å². The number of hydrogen-bond donors (Lipinski definition) is 2. The number of thiophene rings is 1. The number of nitrogens with zero attached hydrogens (tertiary/aromatic N) is 2. The molecule has 2 aromatic rings. The predicted molar refractivity (Wildman–Crippen MR) is 124 cm³/mol. The highest BCUT2D eigenvalue weighted by molar-refractivity contribution is 7.10. The van der Waals surface area contributed by atoms with Crippen LogP contribution in [0.15, 0.2) is 40.7 Å². The number of guanidine groups is 1. The maximum atomic E-state index is 5.81. The summed E-state index contributed by atoms with van der Waals surface area (Å²) in [6.45, 7) is 9.16. The largest absolute Gasteiger partial charge is 0.490 e. The third-order valence-electron chi connectivity index (χ3n) is 5.40. The highest BCUT2D eigenvalue weighted by atomic mass is 32.1. The molecule has 0 radical (unpaired) electrons. The number of rotatable bonds is 7. The van der Waals surface area contributed by atoms with Crippen molar-refractivity contribution in [2.24, 2.45) is 4.99 Å². The number of ether oxygens (including phenoxy) is 3. The number of fused-ring (bicyclic) bond motifs is 1. The fourth-order valence-corrected chi connectivity index (χ4v) is 4.65. The summed E-state index contributed by atoms with van der Waals surface area (Å²) in [6.07, 6.45) is 0.908. The summed E-state index contributed by atoms with van der Waals surface area (Å²) in [5.74, 6) is 2.46. The van der Waals surface area contributed by atoms with Gasteiger partial charge in [-0.1, -0.05) is 12.1 Å². The molecule has 31 heavy (non-hydrogen) atoms. The summed E-state index contributed by atoms with van der Waals surface area (Å²) in [6, 6.07) is 10.7. The summed E-state index contributed by atoms with van der Waals surface area (Å²) in [5.41, 5.74) is 1.10. The normalized spacial score (nSPS) is 18.3. The van der Waals surface area contributed by atoms with E-state index in [1.54, 1.807) is 11.3 Å². The van der Waals surface area contributed by atoms with Gasteiger partial charge < -0.3 is 24.8 Å². The third-order valence-corrected chi connectivity index (χ3v) is 6.37. The Kier molecular flexibility index (Phi) is 8.04. The minimum absolute atomic E-state index is 0.311. The maximum absolute atomic E-state index is 5.81. The van der Waals surface area contributed by atoms with Crippen LogP contribution in [0.3, 0.4) is 0 Å². The van der Waals surface area contributed by atoms with Gasteiger partial charge in [-0.05, 0) is 36.1 Å². The first-order chi connectivity index (χ1) is 15.3. The van der Waals surface area contributed by atoms with Gasteiger partial charge >= 0.3 is 0 Å². The molecule has 2 N–H and O–H groups in total. The fraction of sp³-hybridized carbons (Fsp3) is 0.522. The molecule has 0 spiro atoms. The van der Waals surface area contributed by atoms with Crippen LogP contribution in [0.2, 0.25) is 0 Å². The van der Waals surface area contributed by atoms with Crippen molar-refractivity contribution < 1.29 is 14.2 Å². The Hall–Kier alpha value is -2.29. The van der Waals surface area contributed by atoms with Crippen molar-refractivity contribution in [2.75, 3.05) is 52.6 Å². The van der Waals surface area contributed by atoms with Crippen molar-refractivity contribution in [3.63, 3.8) is 0 Å². The van der Waals surface area contributed by atoms with E-state index in [0.29, 0.717) is 25.8 Å². The van der Waals surface area contributed by atoms with E-state index < -0.39 is 0 Å². The summed E-state index contributed by atoms with van der Waals surface area (Å²) >= 11 is 1.81. The van der Waals surface area contributed by atoms with Crippen LogP contribution in [0.4, 0.5) is 0 Å². The summed E-state index contributed by atoms with van der Waals surface area (Å²) < 4.78 is 17.1. The lowest BCUT2D eigenvalue weighted by Crippen LogP contribution is -2.46. The van der Waals surface area contributed by atoms with Crippen LogP contribution in [0.25, 0.3) is 0 Å². The second kappa shape index (κ2) is 11.4. The highest BCUT2D eigenvalue weighted by Gasteiger charge is 2.23. The maximum Gasteiger partial charge on any atom is 0.191 e. The number of hydrogen-bond acceptors (Lipinski definition) is 6. The van der Waals surface area contributed by atoms with Gasteiger partial charge in [0.05, 0.1) is 39.0 Å². The van der Waals surface area contributed by atoms with Gasteiger partial charge in [0.15, 0.2) is 17.5 Å². The molecule has 3 heterocycles. The molecule has 1 aromatic heterocycles. The first kappa shape index (κ1) is 21.9. The predicted octanol–water partition coefficient (Wildman–Crippen LogP) is 3.04. The van der Waals surface area contributed by atoms with E-state index in [0.717, 1.165) is 68.8 Å². The van der Waals surface area contributed by atoms with Crippen LogP contribution >= 0.6 is 11.3 Å².